The van der Waals surface area contributed by atoms with Gasteiger partial charge in [0, 0.05) is 17.6 Å². The first-order valence-corrected chi connectivity index (χ1v) is 7.94. The van der Waals surface area contributed by atoms with Crippen LogP contribution in [0.2, 0.25) is 0 Å². The van der Waals surface area contributed by atoms with Gasteiger partial charge in [-0.05, 0) is 52.7 Å². The summed E-state index contributed by atoms with van der Waals surface area (Å²) in [4.78, 5) is 27.3. The van der Waals surface area contributed by atoms with Crippen LogP contribution in [-0.2, 0) is 0 Å². The van der Waals surface area contributed by atoms with Crippen molar-refractivity contribution in [3.05, 3.63) is 47.0 Å². The van der Waals surface area contributed by atoms with Gasteiger partial charge in [-0.25, -0.2) is 0 Å². The van der Waals surface area contributed by atoms with Crippen LogP contribution in [-0.4, -0.2) is 28.7 Å². The van der Waals surface area contributed by atoms with Gasteiger partial charge in [0.2, 0.25) is 0 Å². The highest BCUT2D eigenvalue weighted by atomic mass is 16.2. The predicted molar refractivity (Wildman–Crippen MR) is 91.3 cm³/mol. The van der Waals surface area contributed by atoms with Crippen molar-refractivity contribution in [2.45, 2.75) is 60.0 Å². The molecule has 22 heavy (non-hydrogen) atoms. The number of amides is 1. The molecule has 0 aromatic heterocycles. The minimum absolute atomic E-state index is 0.0711. The second-order valence-corrected chi connectivity index (χ2v) is 6.07. The van der Waals surface area contributed by atoms with Crippen molar-refractivity contribution < 1.29 is 9.59 Å². The molecular formula is C19H27NO2. The van der Waals surface area contributed by atoms with Crippen molar-refractivity contribution in [1.29, 1.82) is 0 Å². The first-order valence-electron chi connectivity index (χ1n) is 7.94. The van der Waals surface area contributed by atoms with E-state index >= 15 is 0 Å². The first-order chi connectivity index (χ1) is 10.3. The van der Waals surface area contributed by atoms with E-state index < -0.39 is 0 Å². The fourth-order valence-corrected chi connectivity index (χ4v) is 2.68. The van der Waals surface area contributed by atoms with E-state index in [9.17, 15) is 9.59 Å². The Hall–Kier alpha value is -1.90. The molecule has 0 saturated heterocycles. The monoisotopic (exact) mass is 301 g/mol. The molecule has 1 amide bonds. The molecule has 3 heteroatoms. The van der Waals surface area contributed by atoms with Crippen LogP contribution < -0.4 is 0 Å². The zero-order chi connectivity index (χ0) is 16.9. The van der Waals surface area contributed by atoms with E-state index in [1.54, 1.807) is 25.1 Å². The lowest BCUT2D eigenvalue weighted by Gasteiger charge is -2.31. The summed E-state index contributed by atoms with van der Waals surface area (Å²) in [5, 5.41) is 0. The molecule has 0 atom stereocenters. The molecule has 0 radical (unpaired) electrons. The van der Waals surface area contributed by atoms with Crippen LogP contribution in [0.4, 0.5) is 0 Å². The van der Waals surface area contributed by atoms with E-state index in [4.69, 9.17) is 0 Å². The highest BCUT2D eigenvalue weighted by Gasteiger charge is 2.25. The number of nitrogens with zero attached hydrogens (tertiary/aromatic N) is 1. The molecule has 0 unspecified atom stereocenters. The van der Waals surface area contributed by atoms with Crippen LogP contribution in [0.1, 0.15) is 68.7 Å². The maximum Gasteiger partial charge on any atom is 0.255 e. The molecule has 0 aliphatic heterocycles. The summed E-state index contributed by atoms with van der Waals surface area (Å²) in [6.45, 7) is 11.8. The lowest BCUT2D eigenvalue weighted by atomic mass is 9.97. The second kappa shape index (κ2) is 7.92. The molecule has 0 spiro atoms. The fraction of sp³-hybridized carbons (Fsp3) is 0.474. The summed E-state index contributed by atoms with van der Waals surface area (Å²) in [6.07, 6.45) is 2.70. The van der Waals surface area contributed by atoms with Gasteiger partial charge in [0.15, 0.2) is 5.78 Å². The Kier molecular flexibility index (Phi) is 6.54. The third-order valence-corrected chi connectivity index (χ3v) is 3.62. The van der Waals surface area contributed by atoms with Gasteiger partial charge in [0.05, 0.1) is 5.56 Å². The van der Waals surface area contributed by atoms with Crippen molar-refractivity contribution in [1.82, 2.24) is 4.90 Å². The van der Waals surface area contributed by atoms with Gasteiger partial charge in [-0.1, -0.05) is 31.2 Å². The van der Waals surface area contributed by atoms with Crippen LogP contribution in [0, 0.1) is 0 Å². The van der Waals surface area contributed by atoms with Crippen LogP contribution in [0.5, 0.6) is 0 Å². The van der Waals surface area contributed by atoms with Gasteiger partial charge in [0.25, 0.3) is 5.91 Å². The standard InChI is InChI=1S/C19H27NO2/c1-7-10-15(6)18(21)16-11-8-9-12-17(16)19(22)20(13(2)3)14(4)5/h8-14H,7H2,1-6H3/b15-10+. The van der Waals surface area contributed by atoms with Crippen LogP contribution >= 0.6 is 0 Å². The number of rotatable bonds is 6. The smallest absolute Gasteiger partial charge is 0.255 e. The molecule has 1 rings (SSSR count). The molecule has 0 fully saturated rings. The van der Waals surface area contributed by atoms with Crippen molar-refractivity contribution in [3.8, 4) is 0 Å². The number of Topliss-reactive ketones (excluding diaryl/α,β-unsaturated/α-hetero) is 1. The van der Waals surface area contributed by atoms with E-state index in [0.29, 0.717) is 16.7 Å². The highest BCUT2D eigenvalue weighted by molar-refractivity contribution is 6.14. The summed E-state index contributed by atoms with van der Waals surface area (Å²) in [5.41, 5.74) is 1.66. The minimum atomic E-state index is -0.0850. The molecule has 120 valence electrons. The number of hydrogen-bond acceptors (Lipinski definition) is 2. The van der Waals surface area contributed by atoms with Crippen molar-refractivity contribution in [3.63, 3.8) is 0 Å². The lowest BCUT2D eigenvalue weighted by molar-refractivity contribution is 0.0640. The fourth-order valence-electron chi connectivity index (χ4n) is 2.68. The summed E-state index contributed by atoms with van der Waals surface area (Å²) in [5.74, 6) is -0.156. The number of benzene rings is 1. The van der Waals surface area contributed by atoms with Gasteiger partial charge >= 0.3 is 0 Å². The van der Waals surface area contributed by atoms with Crippen molar-refractivity contribution >= 4 is 11.7 Å². The normalized spacial score (nSPS) is 11.9. The molecule has 1 aromatic carbocycles. The number of ketones is 1. The Balaban J connectivity index is 3.29. The second-order valence-electron chi connectivity index (χ2n) is 6.07. The van der Waals surface area contributed by atoms with Gasteiger partial charge in [-0.3, -0.25) is 9.59 Å². The predicted octanol–water partition coefficient (Wildman–Crippen LogP) is 4.48. The number of carbonyl (C=O) groups excluding carboxylic acids is 2. The third kappa shape index (κ3) is 4.06. The van der Waals surface area contributed by atoms with Crippen molar-refractivity contribution in [2.24, 2.45) is 0 Å². The van der Waals surface area contributed by atoms with Gasteiger partial charge < -0.3 is 4.90 Å². The zero-order valence-corrected chi connectivity index (χ0v) is 14.5. The van der Waals surface area contributed by atoms with E-state index in [2.05, 4.69) is 0 Å². The average molecular weight is 301 g/mol. The number of carbonyl (C=O) groups is 2. The largest absolute Gasteiger partial charge is 0.334 e. The maximum absolute atomic E-state index is 12.9. The quantitative estimate of drug-likeness (QED) is 0.573. The molecule has 0 aliphatic rings. The Morgan fingerprint density at radius 3 is 2.00 bits per heavy atom. The van der Waals surface area contributed by atoms with Gasteiger partial charge in [-0.15, -0.1) is 0 Å². The van der Waals surface area contributed by atoms with E-state index in [0.717, 1.165) is 6.42 Å². The van der Waals surface area contributed by atoms with E-state index in [-0.39, 0.29) is 23.8 Å². The first kappa shape index (κ1) is 18.1. The molecule has 0 saturated carbocycles. The minimum Gasteiger partial charge on any atom is -0.334 e. The van der Waals surface area contributed by atoms with E-state index in [1.807, 2.05) is 51.7 Å². The summed E-state index contributed by atoms with van der Waals surface area (Å²) in [7, 11) is 0. The Bertz CT molecular complexity index is 563. The van der Waals surface area contributed by atoms with Crippen LogP contribution in [0.25, 0.3) is 0 Å². The highest BCUT2D eigenvalue weighted by Crippen LogP contribution is 2.19. The maximum atomic E-state index is 12.9. The molecule has 0 bridgehead atoms. The van der Waals surface area contributed by atoms with Crippen molar-refractivity contribution in [2.75, 3.05) is 0 Å². The Labute approximate surface area is 134 Å². The SMILES string of the molecule is CC/C=C(\C)C(=O)c1ccccc1C(=O)N(C(C)C)C(C)C. The summed E-state index contributed by atoms with van der Waals surface area (Å²) in [6, 6.07) is 7.26. The molecule has 0 heterocycles. The molecular weight excluding hydrogens is 274 g/mol. The summed E-state index contributed by atoms with van der Waals surface area (Å²) < 4.78 is 0. The van der Waals surface area contributed by atoms with Crippen LogP contribution in [0.15, 0.2) is 35.9 Å². The zero-order valence-electron chi connectivity index (χ0n) is 14.5. The van der Waals surface area contributed by atoms with Gasteiger partial charge in [0.1, 0.15) is 0 Å². The lowest BCUT2D eigenvalue weighted by Crippen LogP contribution is -2.42. The third-order valence-electron chi connectivity index (χ3n) is 3.62. The molecule has 1 aromatic rings. The number of allylic oxidation sites excluding steroid dienone is 2. The molecule has 3 nitrogen and oxygen atoms in total. The summed E-state index contributed by atoms with van der Waals surface area (Å²) >= 11 is 0. The molecule has 0 aliphatic carbocycles. The number of hydrogen-bond donors (Lipinski definition) is 0. The Morgan fingerprint density at radius 2 is 1.55 bits per heavy atom. The van der Waals surface area contributed by atoms with Gasteiger partial charge in [-0.2, -0.15) is 0 Å². The van der Waals surface area contributed by atoms with Crippen LogP contribution in [0.3, 0.4) is 0 Å². The Morgan fingerprint density at radius 1 is 1.05 bits per heavy atom. The average Bonchev–Trinajstić information content (AvgIpc) is 2.45. The van der Waals surface area contributed by atoms with E-state index in [1.165, 1.54) is 0 Å². The molecule has 0 N–H and O–H groups in total. The topological polar surface area (TPSA) is 37.4 Å².